The summed E-state index contributed by atoms with van der Waals surface area (Å²) in [6.45, 7) is 1.49. The Morgan fingerprint density at radius 1 is 1.57 bits per heavy atom. The van der Waals surface area contributed by atoms with Crippen LogP contribution in [0.2, 0.25) is 0 Å². The smallest absolute Gasteiger partial charge is 0.229 e. The van der Waals surface area contributed by atoms with E-state index in [2.05, 4.69) is 11.8 Å². The second-order valence-corrected chi connectivity index (χ2v) is 3.58. The van der Waals surface area contributed by atoms with E-state index in [9.17, 15) is 9.59 Å². The fourth-order valence-corrected chi connectivity index (χ4v) is 1.66. The van der Waals surface area contributed by atoms with Crippen molar-refractivity contribution >= 4 is 23.0 Å². The lowest BCUT2D eigenvalue weighted by molar-refractivity contribution is -0.117. The number of Topliss-reactive ketones (excluding diaryl/α,β-unsaturated/α-hetero) is 1. The summed E-state index contributed by atoms with van der Waals surface area (Å²) in [7, 11) is 0. The van der Waals surface area contributed by atoms with Gasteiger partial charge in [-0.2, -0.15) is 0 Å². The van der Waals surface area contributed by atoms with Crippen LogP contribution in [0.5, 0.6) is 0 Å². The van der Waals surface area contributed by atoms with Gasteiger partial charge in [0, 0.05) is 5.56 Å². The number of rotatable bonds is 2. The van der Waals surface area contributed by atoms with Crippen LogP contribution in [0, 0.1) is 11.8 Å². The zero-order valence-corrected chi connectivity index (χ0v) is 8.48. The SMILES string of the molecule is CC(=O)c1sccc1C#CCC(N)=O. The fraction of sp³-hybridized carbons (Fsp3) is 0.200. The molecule has 0 aliphatic rings. The summed E-state index contributed by atoms with van der Waals surface area (Å²) in [6, 6.07) is 1.76. The van der Waals surface area contributed by atoms with E-state index < -0.39 is 5.91 Å². The van der Waals surface area contributed by atoms with Crippen LogP contribution in [0.3, 0.4) is 0 Å². The van der Waals surface area contributed by atoms with Gasteiger partial charge >= 0.3 is 0 Å². The van der Waals surface area contributed by atoms with Gasteiger partial charge in [-0.25, -0.2) is 0 Å². The van der Waals surface area contributed by atoms with Gasteiger partial charge < -0.3 is 5.73 Å². The molecule has 2 N–H and O–H groups in total. The highest BCUT2D eigenvalue weighted by atomic mass is 32.1. The van der Waals surface area contributed by atoms with Crippen molar-refractivity contribution in [3.05, 3.63) is 21.9 Å². The minimum absolute atomic E-state index is 0.0108. The summed E-state index contributed by atoms with van der Waals surface area (Å²) < 4.78 is 0. The Morgan fingerprint density at radius 2 is 2.29 bits per heavy atom. The van der Waals surface area contributed by atoms with E-state index in [1.807, 2.05) is 0 Å². The minimum Gasteiger partial charge on any atom is -0.369 e. The molecule has 0 radical (unpaired) electrons. The molecule has 0 unspecified atom stereocenters. The van der Waals surface area contributed by atoms with E-state index in [0.29, 0.717) is 10.4 Å². The number of carbonyl (C=O) groups is 2. The van der Waals surface area contributed by atoms with Gasteiger partial charge in [-0.15, -0.1) is 11.3 Å². The Labute approximate surface area is 85.9 Å². The lowest BCUT2D eigenvalue weighted by Gasteiger charge is -1.88. The molecule has 1 aromatic heterocycles. The van der Waals surface area contributed by atoms with E-state index in [1.54, 1.807) is 11.4 Å². The average molecular weight is 207 g/mol. The maximum absolute atomic E-state index is 11.1. The van der Waals surface area contributed by atoms with Crippen molar-refractivity contribution in [3.63, 3.8) is 0 Å². The van der Waals surface area contributed by atoms with Crippen LogP contribution < -0.4 is 5.73 Å². The molecule has 14 heavy (non-hydrogen) atoms. The number of thiophene rings is 1. The second kappa shape index (κ2) is 4.58. The quantitative estimate of drug-likeness (QED) is 0.584. The van der Waals surface area contributed by atoms with Gasteiger partial charge in [-0.3, -0.25) is 9.59 Å². The van der Waals surface area contributed by atoms with Crippen LogP contribution in [-0.2, 0) is 4.79 Å². The van der Waals surface area contributed by atoms with Gasteiger partial charge in [0.2, 0.25) is 5.91 Å². The first kappa shape index (κ1) is 10.5. The third-order valence-corrected chi connectivity index (χ3v) is 2.49. The van der Waals surface area contributed by atoms with Gasteiger partial charge in [-0.05, 0) is 18.4 Å². The van der Waals surface area contributed by atoms with Crippen LogP contribution in [-0.4, -0.2) is 11.7 Å². The molecule has 0 bridgehead atoms. The zero-order valence-electron chi connectivity index (χ0n) is 7.66. The third-order valence-electron chi connectivity index (χ3n) is 1.47. The van der Waals surface area contributed by atoms with Gasteiger partial charge in [0.05, 0.1) is 11.3 Å². The summed E-state index contributed by atoms with van der Waals surface area (Å²) in [5.74, 6) is 4.89. The van der Waals surface area contributed by atoms with Crippen molar-refractivity contribution in [3.8, 4) is 11.8 Å². The topological polar surface area (TPSA) is 60.2 Å². The molecule has 1 aromatic rings. The molecule has 4 heteroatoms. The maximum Gasteiger partial charge on any atom is 0.229 e. The molecule has 0 spiro atoms. The Morgan fingerprint density at radius 3 is 2.86 bits per heavy atom. The van der Waals surface area contributed by atoms with E-state index in [-0.39, 0.29) is 12.2 Å². The highest BCUT2D eigenvalue weighted by molar-refractivity contribution is 7.12. The molecule has 1 heterocycles. The van der Waals surface area contributed by atoms with E-state index in [1.165, 1.54) is 18.3 Å². The fourth-order valence-electron chi connectivity index (χ4n) is 0.907. The molecule has 0 aliphatic heterocycles. The third kappa shape index (κ3) is 2.71. The molecular weight excluding hydrogens is 198 g/mol. The van der Waals surface area contributed by atoms with Gasteiger partial charge in [0.15, 0.2) is 5.78 Å². The summed E-state index contributed by atoms with van der Waals surface area (Å²) in [6.07, 6.45) is 0.0210. The van der Waals surface area contributed by atoms with Crippen molar-refractivity contribution in [2.45, 2.75) is 13.3 Å². The Bertz CT molecular complexity index is 423. The largest absolute Gasteiger partial charge is 0.369 e. The predicted octanol–water partition coefficient (Wildman–Crippen LogP) is 1.18. The van der Waals surface area contributed by atoms with Crippen LogP contribution in [0.15, 0.2) is 11.4 Å². The first-order chi connectivity index (χ1) is 6.61. The second-order valence-electron chi connectivity index (χ2n) is 2.66. The molecule has 72 valence electrons. The van der Waals surface area contributed by atoms with Gasteiger partial charge in [-0.1, -0.05) is 11.8 Å². The molecule has 0 fully saturated rings. The van der Waals surface area contributed by atoms with Crippen molar-refractivity contribution < 1.29 is 9.59 Å². The molecular formula is C10H9NO2S. The Hall–Kier alpha value is -1.60. The zero-order chi connectivity index (χ0) is 10.6. The minimum atomic E-state index is -0.461. The highest BCUT2D eigenvalue weighted by Crippen LogP contribution is 2.15. The molecule has 3 nitrogen and oxygen atoms in total. The number of ketones is 1. The molecule has 0 saturated heterocycles. The standard InChI is InChI=1S/C10H9NO2S/c1-7(12)10-8(5-6-14-10)3-2-4-9(11)13/h5-6H,4H2,1H3,(H2,11,13). The molecule has 0 atom stereocenters. The van der Waals surface area contributed by atoms with Crippen LogP contribution >= 0.6 is 11.3 Å². The summed E-state index contributed by atoms with van der Waals surface area (Å²) in [5.41, 5.74) is 5.59. The number of hydrogen-bond acceptors (Lipinski definition) is 3. The summed E-state index contributed by atoms with van der Waals surface area (Å²) in [5, 5.41) is 1.80. The highest BCUT2D eigenvalue weighted by Gasteiger charge is 2.05. The van der Waals surface area contributed by atoms with Crippen molar-refractivity contribution in [2.24, 2.45) is 5.73 Å². The van der Waals surface area contributed by atoms with Crippen molar-refractivity contribution in [2.75, 3.05) is 0 Å². The maximum atomic E-state index is 11.1. The Kier molecular flexibility index (Phi) is 3.43. The monoisotopic (exact) mass is 207 g/mol. The molecule has 1 amide bonds. The lowest BCUT2D eigenvalue weighted by atomic mass is 10.2. The normalized spacial score (nSPS) is 8.93. The molecule has 0 aromatic carbocycles. The van der Waals surface area contributed by atoms with E-state index in [0.717, 1.165) is 0 Å². The molecule has 1 rings (SSSR count). The molecule has 0 saturated carbocycles. The lowest BCUT2D eigenvalue weighted by Crippen LogP contribution is -2.08. The average Bonchev–Trinajstić information content (AvgIpc) is 2.51. The summed E-state index contributed by atoms with van der Waals surface area (Å²) in [4.78, 5) is 22.1. The number of amides is 1. The first-order valence-corrected chi connectivity index (χ1v) is 4.85. The predicted molar refractivity (Wildman–Crippen MR) is 55.0 cm³/mol. The number of hydrogen-bond donors (Lipinski definition) is 1. The van der Waals surface area contributed by atoms with Crippen molar-refractivity contribution in [1.82, 2.24) is 0 Å². The molecule has 0 aliphatic carbocycles. The van der Waals surface area contributed by atoms with Crippen LogP contribution in [0.4, 0.5) is 0 Å². The van der Waals surface area contributed by atoms with Crippen molar-refractivity contribution in [1.29, 1.82) is 0 Å². The van der Waals surface area contributed by atoms with E-state index in [4.69, 9.17) is 5.73 Å². The van der Waals surface area contributed by atoms with E-state index >= 15 is 0 Å². The number of carbonyl (C=O) groups excluding carboxylic acids is 2. The van der Waals surface area contributed by atoms with Crippen LogP contribution in [0.25, 0.3) is 0 Å². The number of nitrogens with two attached hydrogens (primary N) is 1. The first-order valence-electron chi connectivity index (χ1n) is 3.97. The Balaban J connectivity index is 2.84. The number of primary amides is 1. The summed E-state index contributed by atoms with van der Waals surface area (Å²) >= 11 is 1.35. The van der Waals surface area contributed by atoms with Gasteiger partial charge in [0.25, 0.3) is 0 Å². The van der Waals surface area contributed by atoms with Gasteiger partial charge in [0.1, 0.15) is 0 Å². The van der Waals surface area contributed by atoms with Crippen LogP contribution in [0.1, 0.15) is 28.6 Å².